The van der Waals surface area contributed by atoms with E-state index in [1.807, 2.05) is 0 Å². The molecule has 0 aliphatic carbocycles. The van der Waals surface area contributed by atoms with Gasteiger partial charge in [0.05, 0.1) is 6.54 Å². The van der Waals surface area contributed by atoms with Crippen LogP contribution in [-0.4, -0.2) is 24.5 Å². The van der Waals surface area contributed by atoms with E-state index < -0.39 is 0 Å². The second-order valence-corrected chi connectivity index (χ2v) is 5.56. The molecule has 1 N–H and O–H groups in total. The zero-order chi connectivity index (χ0) is 14.8. The molecule has 0 saturated carbocycles. The van der Waals surface area contributed by atoms with Crippen molar-refractivity contribution in [2.75, 3.05) is 19.6 Å². The quantitative estimate of drug-likeness (QED) is 0.661. The Balaban J connectivity index is 2.58. The minimum Gasteiger partial charge on any atom is -0.465 e. The normalized spacial score (nSPS) is 11.4. The van der Waals surface area contributed by atoms with Crippen LogP contribution in [0.5, 0.6) is 0 Å². The molecule has 116 valence electrons. The molecule has 0 aliphatic rings. The minimum absolute atomic E-state index is 0.835. The summed E-state index contributed by atoms with van der Waals surface area (Å²) in [6.45, 7) is 14.0. The Hall–Kier alpha value is -0.800. The van der Waals surface area contributed by atoms with Crippen molar-refractivity contribution in [3.05, 3.63) is 23.2 Å². The number of hydrogen-bond donors (Lipinski definition) is 1. The second-order valence-electron chi connectivity index (χ2n) is 5.56. The van der Waals surface area contributed by atoms with Crippen LogP contribution in [0.3, 0.4) is 0 Å². The monoisotopic (exact) mass is 280 g/mol. The summed E-state index contributed by atoms with van der Waals surface area (Å²) in [6.07, 6.45) is 5.09. The van der Waals surface area contributed by atoms with Crippen LogP contribution < -0.4 is 5.32 Å². The molecule has 0 amide bonds. The van der Waals surface area contributed by atoms with Gasteiger partial charge in [-0.05, 0) is 45.5 Å². The number of unbranched alkanes of at least 4 members (excludes halogenated alkanes) is 2. The fraction of sp³-hybridized carbons (Fsp3) is 0.765. The molecule has 20 heavy (non-hydrogen) atoms. The lowest BCUT2D eigenvalue weighted by Crippen LogP contribution is -2.25. The summed E-state index contributed by atoms with van der Waals surface area (Å²) < 4.78 is 5.84. The van der Waals surface area contributed by atoms with Gasteiger partial charge in [0.25, 0.3) is 0 Å². The fourth-order valence-electron chi connectivity index (χ4n) is 2.35. The summed E-state index contributed by atoms with van der Waals surface area (Å²) in [5.74, 6) is 2.14. The van der Waals surface area contributed by atoms with Gasteiger partial charge in [-0.25, -0.2) is 0 Å². The second kappa shape index (κ2) is 10.0. The van der Waals surface area contributed by atoms with Gasteiger partial charge < -0.3 is 9.73 Å². The van der Waals surface area contributed by atoms with Crippen molar-refractivity contribution in [3.63, 3.8) is 0 Å². The standard InChI is InChI=1S/C17H32N2O/c1-5-8-10-19(11-9-6-2)14-16-12-17(13-18-7-3)20-15(16)4/h12,18H,5-11,13-14H2,1-4H3. The molecule has 0 aliphatic heterocycles. The largest absolute Gasteiger partial charge is 0.465 e. The molecule has 0 aromatic carbocycles. The van der Waals surface area contributed by atoms with Gasteiger partial charge in [0, 0.05) is 12.1 Å². The zero-order valence-electron chi connectivity index (χ0n) is 13.8. The first-order valence-electron chi connectivity index (χ1n) is 8.22. The highest BCUT2D eigenvalue weighted by Gasteiger charge is 2.11. The van der Waals surface area contributed by atoms with Crippen LogP contribution in [0.4, 0.5) is 0 Å². The first-order chi connectivity index (χ1) is 9.71. The van der Waals surface area contributed by atoms with Crippen LogP contribution in [0.25, 0.3) is 0 Å². The molecule has 0 atom stereocenters. The number of furan rings is 1. The first kappa shape index (κ1) is 17.3. The van der Waals surface area contributed by atoms with E-state index in [-0.39, 0.29) is 0 Å². The van der Waals surface area contributed by atoms with Gasteiger partial charge in [-0.15, -0.1) is 0 Å². The van der Waals surface area contributed by atoms with E-state index in [4.69, 9.17) is 4.42 Å². The lowest BCUT2D eigenvalue weighted by atomic mass is 10.2. The summed E-state index contributed by atoms with van der Waals surface area (Å²) in [6, 6.07) is 2.23. The Bertz CT molecular complexity index is 352. The average molecular weight is 280 g/mol. The topological polar surface area (TPSA) is 28.4 Å². The third-order valence-corrected chi connectivity index (χ3v) is 3.67. The van der Waals surface area contributed by atoms with E-state index in [1.165, 1.54) is 44.3 Å². The lowest BCUT2D eigenvalue weighted by molar-refractivity contribution is 0.255. The van der Waals surface area contributed by atoms with E-state index in [9.17, 15) is 0 Å². The van der Waals surface area contributed by atoms with E-state index >= 15 is 0 Å². The van der Waals surface area contributed by atoms with Crippen LogP contribution in [0.2, 0.25) is 0 Å². The summed E-state index contributed by atoms with van der Waals surface area (Å²) in [7, 11) is 0. The maximum Gasteiger partial charge on any atom is 0.118 e. The smallest absolute Gasteiger partial charge is 0.118 e. The van der Waals surface area contributed by atoms with E-state index in [0.717, 1.165) is 31.2 Å². The molecule has 1 rings (SSSR count). The maximum atomic E-state index is 5.84. The van der Waals surface area contributed by atoms with Gasteiger partial charge >= 0.3 is 0 Å². The third kappa shape index (κ3) is 6.10. The van der Waals surface area contributed by atoms with E-state index in [2.05, 4.69) is 44.0 Å². The Morgan fingerprint density at radius 1 is 1.10 bits per heavy atom. The van der Waals surface area contributed by atoms with Crippen molar-refractivity contribution < 1.29 is 4.42 Å². The van der Waals surface area contributed by atoms with Gasteiger partial charge in [0.1, 0.15) is 11.5 Å². The number of aryl methyl sites for hydroxylation is 1. The summed E-state index contributed by atoms with van der Waals surface area (Å²) in [5, 5.41) is 3.32. The van der Waals surface area contributed by atoms with Crippen molar-refractivity contribution in [1.29, 1.82) is 0 Å². The van der Waals surface area contributed by atoms with Gasteiger partial charge in [-0.3, -0.25) is 4.90 Å². The summed E-state index contributed by atoms with van der Waals surface area (Å²) in [4.78, 5) is 2.57. The van der Waals surface area contributed by atoms with Crippen LogP contribution >= 0.6 is 0 Å². The van der Waals surface area contributed by atoms with Crippen LogP contribution in [0, 0.1) is 6.92 Å². The molecule has 3 heteroatoms. The van der Waals surface area contributed by atoms with E-state index in [0.29, 0.717) is 0 Å². The van der Waals surface area contributed by atoms with Crippen LogP contribution in [0.15, 0.2) is 10.5 Å². The van der Waals surface area contributed by atoms with Crippen LogP contribution in [-0.2, 0) is 13.1 Å². The number of nitrogens with zero attached hydrogens (tertiary/aromatic N) is 1. The number of rotatable bonds is 11. The molecule has 0 unspecified atom stereocenters. The Morgan fingerprint density at radius 2 is 1.75 bits per heavy atom. The molecule has 1 aromatic rings. The number of hydrogen-bond acceptors (Lipinski definition) is 3. The van der Waals surface area contributed by atoms with Crippen molar-refractivity contribution >= 4 is 0 Å². The van der Waals surface area contributed by atoms with Crippen molar-refractivity contribution in [2.45, 2.75) is 66.5 Å². The molecule has 0 radical (unpaired) electrons. The first-order valence-corrected chi connectivity index (χ1v) is 8.22. The van der Waals surface area contributed by atoms with E-state index in [1.54, 1.807) is 0 Å². The maximum absolute atomic E-state index is 5.84. The Kier molecular flexibility index (Phi) is 8.63. The number of nitrogens with one attached hydrogen (secondary N) is 1. The summed E-state index contributed by atoms with van der Waals surface area (Å²) in [5.41, 5.74) is 1.35. The molecule has 1 heterocycles. The molecule has 0 saturated heterocycles. The van der Waals surface area contributed by atoms with Gasteiger partial charge in [-0.1, -0.05) is 33.6 Å². The molecular formula is C17H32N2O. The fourth-order valence-corrected chi connectivity index (χ4v) is 2.35. The minimum atomic E-state index is 0.835. The van der Waals surface area contributed by atoms with Gasteiger partial charge in [0.15, 0.2) is 0 Å². The predicted molar refractivity (Wildman–Crippen MR) is 85.9 cm³/mol. The van der Waals surface area contributed by atoms with Crippen molar-refractivity contribution in [3.8, 4) is 0 Å². The van der Waals surface area contributed by atoms with Crippen LogP contribution in [0.1, 0.15) is 63.5 Å². The molecule has 0 bridgehead atoms. The Labute approximate surface area is 124 Å². The molecule has 1 aromatic heterocycles. The molecule has 0 spiro atoms. The highest BCUT2D eigenvalue weighted by molar-refractivity contribution is 5.20. The lowest BCUT2D eigenvalue weighted by Gasteiger charge is -2.21. The Morgan fingerprint density at radius 3 is 2.30 bits per heavy atom. The van der Waals surface area contributed by atoms with Crippen molar-refractivity contribution in [1.82, 2.24) is 10.2 Å². The van der Waals surface area contributed by atoms with Gasteiger partial charge in [0.2, 0.25) is 0 Å². The highest BCUT2D eigenvalue weighted by Crippen LogP contribution is 2.17. The third-order valence-electron chi connectivity index (χ3n) is 3.67. The SMILES string of the molecule is CCCCN(CCCC)Cc1cc(CNCC)oc1C. The molecular weight excluding hydrogens is 248 g/mol. The summed E-state index contributed by atoms with van der Waals surface area (Å²) >= 11 is 0. The predicted octanol–water partition coefficient (Wildman–Crippen LogP) is 4.10. The molecule has 3 nitrogen and oxygen atoms in total. The van der Waals surface area contributed by atoms with Gasteiger partial charge in [-0.2, -0.15) is 0 Å². The average Bonchev–Trinajstić information content (AvgIpc) is 2.79. The van der Waals surface area contributed by atoms with Crippen molar-refractivity contribution in [2.24, 2.45) is 0 Å². The zero-order valence-corrected chi connectivity index (χ0v) is 13.8. The highest BCUT2D eigenvalue weighted by atomic mass is 16.3. The molecule has 0 fully saturated rings.